The summed E-state index contributed by atoms with van der Waals surface area (Å²) in [7, 11) is -2.13. The molecule has 0 atom stereocenters. The summed E-state index contributed by atoms with van der Waals surface area (Å²) in [5.41, 5.74) is 1.22. The van der Waals surface area contributed by atoms with Crippen LogP contribution in [0.25, 0.3) is 0 Å². The van der Waals surface area contributed by atoms with Gasteiger partial charge in [0.2, 0.25) is 15.9 Å². The number of ether oxygens (including phenoxy) is 1. The minimum absolute atomic E-state index is 0.0655. The van der Waals surface area contributed by atoms with E-state index in [-0.39, 0.29) is 25.4 Å². The second-order valence-electron chi connectivity index (χ2n) is 5.66. The number of carbonyl (C=O) groups excluding carboxylic acids is 1. The van der Waals surface area contributed by atoms with Gasteiger partial charge in [-0.2, -0.15) is 0 Å². The van der Waals surface area contributed by atoms with E-state index < -0.39 is 10.0 Å². The number of nitrogens with one attached hydrogen (secondary N) is 1. The van der Waals surface area contributed by atoms with Crippen molar-refractivity contribution in [2.75, 3.05) is 30.8 Å². The fourth-order valence-electron chi connectivity index (χ4n) is 2.46. The summed E-state index contributed by atoms with van der Waals surface area (Å²) < 4.78 is 30.8. The number of amides is 1. The maximum atomic E-state index is 12.2. The Bertz CT molecular complexity index is 857. The highest BCUT2D eigenvalue weighted by Crippen LogP contribution is 2.32. The SMILES string of the molecule is COc1ccc(Cl)cc1N(CCNC(=O)Cc1ccccc1)S(C)(=O)=O. The number of halogens is 1. The monoisotopic (exact) mass is 396 g/mol. The van der Waals surface area contributed by atoms with Crippen molar-refractivity contribution in [2.24, 2.45) is 0 Å². The minimum atomic E-state index is -3.58. The quantitative estimate of drug-likeness (QED) is 0.743. The zero-order valence-corrected chi connectivity index (χ0v) is 16.2. The lowest BCUT2D eigenvalue weighted by molar-refractivity contribution is -0.120. The van der Waals surface area contributed by atoms with Gasteiger partial charge in [0.1, 0.15) is 5.75 Å². The van der Waals surface area contributed by atoms with Gasteiger partial charge >= 0.3 is 0 Å². The Labute approximate surface area is 158 Å². The molecule has 0 spiro atoms. The minimum Gasteiger partial charge on any atom is -0.495 e. The summed E-state index contributed by atoms with van der Waals surface area (Å²) in [4.78, 5) is 12.0. The van der Waals surface area contributed by atoms with E-state index >= 15 is 0 Å². The van der Waals surface area contributed by atoms with Crippen LogP contribution in [0.15, 0.2) is 48.5 Å². The molecule has 0 radical (unpaired) electrons. The smallest absolute Gasteiger partial charge is 0.232 e. The average Bonchev–Trinajstić information content (AvgIpc) is 2.58. The first-order valence-electron chi connectivity index (χ1n) is 7.93. The Kier molecular flexibility index (Phi) is 6.88. The molecule has 0 aliphatic carbocycles. The Morgan fingerprint density at radius 2 is 1.88 bits per heavy atom. The van der Waals surface area contributed by atoms with Gasteiger partial charge in [0.25, 0.3) is 0 Å². The van der Waals surface area contributed by atoms with Gasteiger partial charge in [-0.1, -0.05) is 41.9 Å². The molecule has 26 heavy (non-hydrogen) atoms. The lowest BCUT2D eigenvalue weighted by atomic mass is 10.1. The number of hydrogen-bond donors (Lipinski definition) is 1. The number of carbonyl (C=O) groups is 1. The molecule has 0 aliphatic heterocycles. The van der Waals surface area contributed by atoms with E-state index in [1.807, 2.05) is 30.3 Å². The number of sulfonamides is 1. The van der Waals surface area contributed by atoms with E-state index in [1.54, 1.807) is 12.1 Å². The standard InChI is InChI=1S/C18H21ClN2O4S/c1-25-17-9-8-15(19)13-16(17)21(26(2,23)24)11-10-20-18(22)12-14-6-4-3-5-7-14/h3-9,13H,10-12H2,1-2H3,(H,20,22). The summed E-state index contributed by atoms with van der Waals surface area (Å²) in [6.45, 7) is 0.227. The van der Waals surface area contributed by atoms with Gasteiger partial charge in [-0.15, -0.1) is 0 Å². The van der Waals surface area contributed by atoms with Gasteiger partial charge in [-0.05, 0) is 23.8 Å². The van der Waals surface area contributed by atoms with Crippen LogP contribution < -0.4 is 14.4 Å². The topological polar surface area (TPSA) is 75.7 Å². The first-order valence-corrected chi connectivity index (χ1v) is 10.2. The number of rotatable bonds is 8. The largest absolute Gasteiger partial charge is 0.495 e. The van der Waals surface area contributed by atoms with Gasteiger partial charge in [0, 0.05) is 11.6 Å². The number of hydrogen-bond acceptors (Lipinski definition) is 4. The summed E-state index contributed by atoms with van der Waals surface area (Å²) in [6, 6.07) is 14.1. The van der Waals surface area contributed by atoms with Crippen molar-refractivity contribution in [1.29, 1.82) is 0 Å². The number of anilines is 1. The fourth-order valence-corrected chi connectivity index (χ4v) is 3.55. The van der Waals surface area contributed by atoms with Crippen LogP contribution in [-0.2, 0) is 21.2 Å². The third kappa shape index (κ3) is 5.64. The van der Waals surface area contributed by atoms with E-state index in [1.165, 1.54) is 17.5 Å². The van der Waals surface area contributed by atoms with Crippen molar-refractivity contribution in [3.63, 3.8) is 0 Å². The maximum Gasteiger partial charge on any atom is 0.232 e. The molecule has 0 saturated heterocycles. The molecule has 8 heteroatoms. The molecule has 1 N–H and O–H groups in total. The van der Waals surface area contributed by atoms with Crippen molar-refractivity contribution in [3.8, 4) is 5.75 Å². The van der Waals surface area contributed by atoms with E-state index in [2.05, 4.69) is 5.32 Å². The number of benzene rings is 2. The highest BCUT2D eigenvalue weighted by molar-refractivity contribution is 7.92. The van der Waals surface area contributed by atoms with Crippen LogP contribution in [0.2, 0.25) is 5.02 Å². The second kappa shape index (κ2) is 8.91. The molecule has 0 unspecified atom stereocenters. The highest BCUT2D eigenvalue weighted by Gasteiger charge is 2.21. The van der Waals surface area contributed by atoms with Gasteiger partial charge in [-0.3, -0.25) is 9.10 Å². The van der Waals surface area contributed by atoms with Crippen molar-refractivity contribution < 1.29 is 17.9 Å². The van der Waals surface area contributed by atoms with Crippen LogP contribution in [0, 0.1) is 0 Å². The fraction of sp³-hybridized carbons (Fsp3) is 0.278. The van der Waals surface area contributed by atoms with Gasteiger partial charge in [0.15, 0.2) is 0 Å². The maximum absolute atomic E-state index is 12.2. The Hall–Kier alpha value is -2.25. The predicted octanol–water partition coefficient (Wildman–Crippen LogP) is 2.47. The molecule has 140 valence electrons. The molecule has 0 saturated carbocycles. The molecule has 0 heterocycles. The molecule has 2 aromatic rings. The molecule has 0 bridgehead atoms. The molecule has 0 aromatic heterocycles. The molecular weight excluding hydrogens is 376 g/mol. The third-order valence-corrected chi connectivity index (χ3v) is 5.07. The summed E-state index contributed by atoms with van der Waals surface area (Å²) in [5, 5.41) is 3.13. The first kappa shape index (κ1) is 20.1. The molecule has 0 fully saturated rings. The average molecular weight is 397 g/mol. The van der Waals surface area contributed by atoms with Crippen molar-refractivity contribution in [3.05, 3.63) is 59.1 Å². The normalized spacial score (nSPS) is 11.0. The van der Waals surface area contributed by atoms with Crippen LogP contribution in [0.1, 0.15) is 5.56 Å². The second-order valence-corrected chi connectivity index (χ2v) is 8.01. The first-order chi connectivity index (χ1) is 12.3. The predicted molar refractivity (Wildman–Crippen MR) is 103 cm³/mol. The lowest BCUT2D eigenvalue weighted by Crippen LogP contribution is -2.38. The van der Waals surface area contributed by atoms with Crippen LogP contribution in [-0.4, -0.2) is 40.8 Å². The van der Waals surface area contributed by atoms with Crippen LogP contribution >= 0.6 is 11.6 Å². The van der Waals surface area contributed by atoms with Gasteiger partial charge in [-0.25, -0.2) is 8.42 Å². The number of methoxy groups -OCH3 is 1. The molecule has 1 amide bonds. The van der Waals surface area contributed by atoms with Crippen LogP contribution in [0.4, 0.5) is 5.69 Å². The molecule has 0 aliphatic rings. The summed E-state index contributed by atoms with van der Waals surface area (Å²) >= 11 is 6.00. The van der Waals surface area contributed by atoms with E-state index in [4.69, 9.17) is 16.3 Å². The molecule has 2 rings (SSSR count). The summed E-state index contributed by atoms with van der Waals surface area (Å²) in [5.74, 6) is 0.207. The number of nitrogens with zero attached hydrogens (tertiary/aromatic N) is 1. The van der Waals surface area contributed by atoms with Crippen LogP contribution in [0.5, 0.6) is 5.75 Å². The van der Waals surface area contributed by atoms with Crippen molar-refractivity contribution >= 4 is 33.2 Å². The van der Waals surface area contributed by atoms with Crippen LogP contribution in [0.3, 0.4) is 0 Å². The Morgan fingerprint density at radius 3 is 2.50 bits per heavy atom. The zero-order chi connectivity index (χ0) is 19.2. The van der Waals surface area contributed by atoms with Gasteiger partial charge < -0.3 is 10.1 Å². The third-order valence-electron chi connectivity index (χ3n) is 3.65. The van der Waals surface area contributed by atoms with E-state index in [0.717, 1.165) is 11.8 Å². The molecular formula is C18H21ClN2O4S. The van der Waals surface area contributed by atoms with Gasteiger partial charge in [0.05, 0.1) is 32.0 Å². The Morgan fingerprint density at radius 1 is 1.19 bits per heavy atom. The summed E-state index contributed by atoms with van der Waals surface area (Å²) in [6.07, 6.45) is 1.33. The molecule has 6 nitrogen and oxygen atoms in total. The Balaban J connectivity index is 2.06. The lowest BCUT2D eigenvalue weighted by Gasteiger charge is -2.24. The van der Waals surface area contributed by atoms with Crippen molar-refractivity contribution in [1.82, 2.24) is 5.32 Å². The zero-order valence-electron chi connectivity index (χ0n) is 14.6. The van der Waals surface area contributed by atoms with Crippen molar-refractivity contribution in [2.45, 2.75) is 6.42 Å². The van der Waals surface area contributed by atoms with E-state index in [9.17, 15) is 13.2 Å². The molecule has 2 aromatic carbocycles. The highest BCUT2D eigenvalue weighted by atomic mass is 35.5. The van der Waals surface area contributed by atoms with E-state index in [0.29, 0.717) is 16.5 Å².